The molecule has 2 unspecified atom stereocenters. The normalized spacial score (nSPS) is 23.8. The van der Waals surface area contributed by atoms with Crippen molar-refractivity contribution in [2.75, 3.05) is 42.5 Å². The van der Waals surface area contributed by atoms with Gasteiger partial charge in [-0.3, -0.25) is 24.5 Å². The molecule has 14 nitrogen and oxygen atoms in total. The number of aromatic nitrogens is 4. The number of amides is 4. The molecule has 4 aromatic rings. The van der Waals surface area contributed by atoms with Crippen LogP contribution in [0.15, 0.2) is 54.7 Å². The van der Waals surface area contributed by atoms with Crippen LogP contribution >= 0.6 is 11.6 Å². The van der Waals surface area contributed by atoms with Gasteiger partial charge in [0.05, 0.1) is 40.1 Å². The molecule has 0 bridgehead atoms. The third kappa shape index (κ3) is 7.95. The molecule has 4 amide bonds. The van der Waals surface area contributed by atoms with Gasteiger partial charge in [-0.2, -0.15) is 10.4 Å². The van der Waals surface area contributed by atoms with Crippen LogP contribution in [-0.2, 0) is 4.79 Å². The second-order valence-corrected chi connectivity index (χ2v) is 15.7. The van der Waals surface area contributed by atoms with Crippen LogP contribution in [0.1, 0.15) is 80.4 Å². The molecule has 4 fully saturated rings. The first-order valence-corrected chi connectivity index (χ1v) is 19.7. The Labute approximate surface area is 324 Å². The maximum atomic E-state index is 13.1. The summed E-state index contributed by atoms with van der Waals surface area (Å²) in [5, 5.41) is 29.5. The topological polar surface area (TPSA) is 162 Å². The van der Waals surface area contributed by atoms with Gasteiger partial charge in [0.1, 0.15) is 11.8 Å². The largest absolute Gasteiger partial charge is 0.490 e. The minimum absolute atomic E-state index is 0.0274. The molecule has 4 aliphatic rings. The van der Waals surface area contributed by atoms with E-state index in [1.54, 1.807) is 29.2 Å². The van der Waals surface area contributed by atoms with Crippen LogP contribution in [0, 0.1) is 17.2 Å². The lowest BCUT2D eigenvalue weighted by Crippen LogP contribution is -2.49. The zero-order chi connectivity index (χ0) is 38.1. The first-order chi connectivity index (χ1) is 26.7. The van der Waals surface area contributed by atoms with Crippen LogP contribution in [-0.4, -0.2) is 93.6 Å². The van der Waals surface area contributed by atoms with Crippen LogP contribution < -0.4 is 25.2 Å². The van der Waals surface area contributed by atoms with E-state index in [-0.39, 0.29) is 42.5 Å². The number of hydrogen-bond acceptors (Lipinski definition) is 10. The molecular formula is C40H45ClN10O4. The molecule has 1 aliphatic carbocycles. The summed E-state index contributed by atoms with van der Waals surface area (Å²) in [5.41, 5.74) is 2.52. The number of carbonyl (C=O) groups is 3. The second-order valence-electron chi connectivity index (χ2n) is 15.3. The van der Waals surface area contributed by atoms with Gasteiger partial charge in [0.15, 0.2) is 11.5 Å². The fourth-order valence-electron chi connectivity index (χ4n) is 8.72. The predicted octanol–water partition coefficient (Wildman–Crippen LogP) is 5.47. The van der Waals surface area contributed by atoms with Crippen molar-refractivity contribution < 1.29 is 19.1 Å². The summed E-state index contributed by atoms with van der Waals surface area (Å²) in [6, 6.07) is 17.0. The summed E-state index contributed by atoms with van der Waals surface area (Å²) < 4.78 is 8.21. The number of ether oxygens (including phenoxy) is 1. The number of imide groups is 1. The summed E-state index contributed by atoms with van der Waals surface area (Å²) in [5.74, 6) is 1.49. The SMILES string of the molecule is CC1CC(CN2CCC(n3ncc4c(N5CCC(=O)NC5=O)cccc43)CC2)CN1c1ccc(C(=O)N[C@H]2CC[C@H](Oc3ccc(C#N)c(Cl)c3)CC2)nn1. The van der Waals surface area contributed by atoms with E-state index in [0.717, 1.165) is 93.5 Å². The number of benzene rings is 2. The minimum Gasteiger partial charge on any atom is -0.490 e. The summed E-state index contributed by atoms with van der Waals surface area (Å²) in [6.07, 6.45) is 8.39. The number of halogens is 1. The summed E-state index contributed by atoms with van der Waals surface area (Å²) >= 11 is 6.15. The van der Waals surface area contributed by atoms with Gasteiger partial charge >= 0.3 is 6.03 Å². The number of carbonyl (C=O) groups excluding carboxylic acids is 3. The average molecular weight is 765 g/mol. The molecule has 0 radical (unpaired) electrons. The molecule has 2 aromatic carbocycles. The van der Waals surface area contributed by atoms with E-state index in [0.29, 0.717) is 40.5 Å². The molecule has 2 N–H and O–H groups in total. The minimum atomic E-state index is -0.386. The van der Waals surface area contributed by atoms with Gasteiger partial charge in [-0.25, -0.2) is 4.79 Å². The van der Waals surface area contributed by atoms with E-state index in [4.69, 9.17) is 26.7 Å². The number of rotatable bonds is 9. The Hall–Kier alpha value is -5.26. The highest BCUT2D eigenvalue weighted by atomic mass is 35.5. The van der Waals surface area contributed by atoms with Crippen molar-refractivity contribution in [2.45, 2.75) is 82.5 Å². The van der Waals surface area contributed by atoms with Gasteiger partial charge in [0, 0.05) is 62.7 Å². The van der Waals surface area contributed by atoms with Gasteiger partial charge in [0.2, 0.25) is 5.91 Å². The van der Waals surface area contributed by atoms with Crippen molar-refractivity contribution in [1.29, 1.82) is 5.26 Å². The molecule has 3 saturated heterocycles. The van der Waals surface area contributed by atoms with E-state index in [1.165, 1.54) is 0 Å². The zero-order valence-corrected chi connectivity index (χ0v) is 31.6. The van der Waals surface area contributed by atoms with E-state index >= 15 is 0 Å². The maximum absolute atomic E-state index is 13.1. The van der Waals surface area contributed by atoms with Crippen LogP contribution in [0.3, 0.4) is 0 Å². The number of nitriles is 1. The quantitative estimate of drug-likeness (QED) is 0.224. The van der Waals surface area contributed by atoms with Crippen molar-refractivity contribution in [2.24, 2.45) is 5.92 Å². The first kappa shape index (κ1) is 36.7. The van der Waals surface area contributed by atoms with Crippen LogP contribution in [0.5, 0.6) is 5.75 Å². The fourth-order valence-corrected chi connectivity index (χ4v) is 8.93. The zero-order valence-electron chi connectivity index (χ0n) is 30.9. The van der Waals surface area contributed by atoms with Crippen molar-refractivity contribution in [3.63, 3.8) is 0 Å². The van der Waals surface area contributed by atoms with Crippen LogP contribution in [0.4, 0.5) is 16.3 Å². The lowest BCUT2D eigenvalue weighted by atomic mass is 9.93. The van der Waals surface area contributed by atoms with E-state index in [9.17, 15) is 14.4 Å². The molecule has 2 atom stereocenters. The smallest absolute Gasteiger partial charge is 0.328 e. The summed E-state index contributed by atoms with van der Waals surface area (Å²) in [7, 11) is 0. The first-order valence-electron chi connectivity index (χ1n) is 19.3. The molecule has 286 valence electrons. The molecule has 8 rings (SSSR count). The Morgan fingerprint density at radius 2 is 1.85 bits per heavy atom. The molecule has 3 aliphatic heterocycles. The molecule has 0 spiro atoms. The van der Waals surface area contributed by atoms with Gasteiger partial charge in [-0.05, 0) is 94.2 Å². The van der Waals surface area contributed by atoms with Gasteiger partial charge in [-0.1, -0.05) is 17.7 Å². The van der Waals surface area contributed by atoms with Crippen LogP contribution in [0.2, 0.25) is 5.02 Å². The van der Waals surface area contributed by atoms with Crippen molar-refractivity contribution >= 4 is 51.9 Å². The average Bonchev–Trinajstić information content (AvgIpc) is 3.79. The highest BCUT2D eigenvalue weighted by molar-refractivity contribution is 6.31. The number of hydrogen-bond donors (Lipinski definition) is 2. The van der Waals surface area contributed by atoms with Crippen LogP contribution in [0.25, 0.3) is 10.9 Å². The van der Waals surface area contributed by atoms with Crippen molar-refractivity contribution in [1.82, 2.24) is 35.5 Å². The highest BCUT2D eigenvalue weighted by Crippen LogP contribution is 2.34. The highest BCUT2D eigenvalue weighted by Gasteiger charge is 2.34. The number of likely N-dealkylation sites (tertiary alicyclic amines) is 1. The fraction of sp³-hybridized carbons (Fsp3) is 0.475. The van der Waals surface area contributed by atoms with E-state index in [2.05, 4.69) is 54.4 Å². The van der Waals surface area contributed by atoms with E-state index < -0.39 is 0 Å². The third-order valence-electron chi connectivity index (χ3n) is 11.6. The van der Waals surface area contributed by atoms with Crippen molar-refractivity contribution in [3.05, 3.63) is 71.0 Å². The predicted molar refractivity (Wildman–Crippen MR) is 207 cm³/mol. The van der Waals surface area contributed by atoms with E-state index in [1.807, 2.05) is 24.4 Å². The number of nitrogens with zero attached hydrogens (tertiary/aromatic N) is 8. The number of piperidine rings is 1. The lowest BCUT2D eigenvalue weighted by Gasteiger charge is -2.34. The monoisotopic (exact) mass is 764 g/mol. The Kier molecular flexibility index (Phi) is 10.6. The summed E-state index contributed by atoms with van der Waals surface area (Å²) in [4.78, 5) is 43.8. The standard InChI is InChI=1S/C40H45ClN10O4/c1-25-19-26(23-48-16-13-29(14-17-48)51-36-4-2-3-35(32(36)22-43-51)49-18-15-38(52)45-40(49)54)24-50(25)37-12-11-34(46-47-37)39(53)44-28-6-9-30(10-7-28)55-31-8-5-27(21-42)33(41)20-31/h2-5,8,11-12,20,22,25-26,28-30H,6-7,9-10,13-19,23-24H2,1H3,(H,44,53)(H,45,52,54)/t25?,26?,28-,30-. The Bertz CT molecular complexity index is 2100. The third-order valence-corrected chi connectivity index (χ3v) is 11.9. The molecule has 15 heteroatoms. The lowest BCUT2D eigenvalue weighted by molar-refractivity contribution is -0.120. The van der Waals surface area contributed by atoms with Gasteiger partial charge < -0.3 is 19.9 Å². The summed E-state index contributed by atoms with van der Waals surface area (Å²) in [6.45, 7) is 6.47. The number of urea groups is 1. The maximum Gasteiger partial charge on any atom is 0.328 e. The van der Waals surface area contributed by atoms with Crippen molar-refractivity contribution in [3.8, 4) is 11.8 Å². The Morgan fingerprint density at radius 1 is 1.04 bits per heavy atom. The Balaban J connectivity index is 0.794. The number of fused-ring (bicyclic) bond motifs is 1. The number of anilines is 2. The molecule has 2 aromatic heterocycles. The molecule has 55 heavy (non-hydrogen) atoms. The second kappa shape index (κ2) is 15.8. The molecular weight excluding hydrogens is 720 g/mol. The number of nitrogens with one attached hydrogen (secondary N) is 2. The molecule has 1 saturated carbocycles. The van der Waals surface area contributed by atoms with Gasteiger partial charge in [-0.15, -0.1) is 10.2 Å². The molecule has 5 heterocycles. The Morgan fingerprint density at radius 3 is 2.58 bits per heavy atom. The van der Waals surface area contributed by atoms with Gasteiger partial charge in [0.25, 0.3) is 5.91 Å².